The van der Waals surface area contributed by atoms with E-state index in [9.17, 15) is 5.11 Å². The molecule has 1 aliphatic rings. The Kier molecular flexibility index (Phi) is 8.02. The summed E-state index contributed by atoms with van der Waals surface area (Å²) in [7, 11) is 1.62. The number of aromatic nitrogens is 1. The largest absolute Gasteiger partial charge is 0.493 e. The zero-order valence-electron chi connectivity index (χ0n) is 16.5. The summed E-state index contributed by atoms with van der Waals surface area (Å²) in [4.78, 5) is 2.28. The number of hydrogen-bond acceptors (Lipinski definition) is 8. The van der Waals surface area contributed by atoms with Crippen LogP contribution in [-0.4, -0.2) is 66.1 Å². The third kappa shape index (κ3) is 6.41. The van der Waals surface area contributed by atoms with Crippen LogP contribution in [-0.2, 0) is 13.1 Å². The highest BCUT2D eigenvalue weighted by atomic mass is 32.2. The second-order valence-corrected chi connectivity index (χ2v) is 8.13. The Morgan fingerprint density at radius 3 is 2.79 bits per heavy atom. The average molecular weight is 408 g/mol. The van der Waals surface area contributed by atoms with Crippen LogP contribution in [0.3, 0.4) is 0 Å². The molecular formula is C20H29N3O4S. The molecule has 0 saturated carbocycles. The van der Waals surface area contributed by atoms with Crippen LogP contribution in [0, 0.1) is 6.92 Å². The molecule has 1 atom stereocenters. The number of ether oxygens (including phenoxy) is 2. The third-order valence-corrected chi connectivity index (χ3v) is 5.48. The molecule has 1 aromatic heterocycles. The van der Waals surface area contributed by atoms with Crippen molar-refractivity contribution in [2.45, 2.75) is 26.1 Å². The van der Waals surface area contributed by atoms with Gasteiger partial charge in [-0.3, -0.25) is 4.90 Å². The monoisotopic (exact) mass is 407 g/mol. The van der Waals surface area contributed by atoms with Crippen molar-refractivity contribution < 1.29 is 19.1 Å². The lowest BCUT2D eigenvalue weighted by atomic mass is 10.2. The van der Waals surface area contributed by atoms with Crippen molar-refractivity contribution in [3.63, 3.8) is 0 Å². The number of methoxy groups -OCH3 is 1. The Labute approximate surface area is 170 Å². The number of aryl methyl sites for hydroxylation is 1. The second-order valence-electron chi connectivity index (χ2n) is 6.90. The van der Waals surface area contributed by atoms with Crippen molar-refractivity contribution in [1.82, 2.24) is 15.4 Å². The number of nitrogens with zero attached hydrogens (tertiary/aromatic N) is 2. The van der Waals surface area contributed by atoms with E-state index >= 15 is 0 Å². The third-order valence-electron chi connectivity index (χ3n) is 4.54. The fraction of sp³-hybridized carbons (Fsp3) is 0.550. The van der Waals surface area contributed by atoms with Crippen LogP contribution >= 0.6 is 11.8 Å². The molecule has 0 bridgehead atoms. The van der Waals surface area contributed by atoms with E-state index in [4.69, 9.17) is 14.0 Å². The maximum atomic E-state index is 10.3. The van der Waals surface area contributed by atoms with Crippen LogP contribution in [0.4, 0.5) is 0 Å². The van der Waals surface area contributed by atoms with Crippen molar-refractivity contribution in [2.24, 2.45) is 0 Å². The maximum absolute atomic E-state index is 10.3. The minimum atomic E-state index is -0.514. The predicted octanol–water partition coefficient (Wildman–Crippen LogP) is 2.07. The number of hydrogen-bond donors (Lipinski definition) is 2. The predicted molar refractivity (Wildman–Crippen MR) is 110 cm³/mol. The lowest BCUT2D eigenvalue weighted by Crippen LogP contribution is -2.40. The number of β-amino-alcohol motifs (C(OH)–C–C–N with tert-alkyl or cyclic N) is 1. The highest BCUT2D eigenvalue weighted by molar-refractivity contribution is 7.99. The molecule has 2 N–H and O–H groups in total. The molecule has 1 fully saturated rings. The molecule has 28 heavy (non-hydrogen) atoms. The maximum Gasteiger partial charge on any atom is 0.161 e. The van der Waals surface area contributed by atoms with Gasteiger partial charge in [-0.25, -0.2) is 0 Å². The number of benzene rings is 1. The normalized spacial score (nSPS) is 16.1. The van der Waals surface area contributed by atoms with Crippen molar-refractivity contribution in [3.8, 4) is 11.5 Å². The van der Waals surface area contributed by atoms with Gasteiger partial charge in [-0.15, -0.1) is 0 Å². The molecule has 7 nitrogen and oxygen atoms in total. The Hall–Kier alpha value is -1.74. The summed E-state index contributed by atoms with van der Waals surface area (Å²) in [6, 6.07) is 7.74. The fourth-order valence-corrected chi connectivity index (χ4v) is 4.07. The van der Waals surface area contributed by atoms with Gasteiger partial charge in [-0.1, -0.05) is 11.2 Å². The smallest absolute Gasteiger partial charge is 0.161 e. The van der Waals surface area contributed by atoms with E-state index in [1.165, 1.54) is 0 Å². The fourth-order valence-electron chi connectivity index (χ4n) is 3.09. The summed E-state index contributed by atoms with van der Waals surface area (Å²) < 4.78 is 16.5. The van der Waals surface area contributed by atoms with Gasteiger partial charge in [0, 0.05) is 43.8 Å². The lowest BCUT2D eigenvalue weighted by molar-refractivity contribution is 0.0705. The molecule has 154 valence electrons. The highest BCUT2D eigenvalue weighted by Crippen LogP contribution is 2.28. The molecule has 1 unspecified atom stereocenters. The van der Waals surface area contributed by atoms with Crippen LogP contribution in [0.1, 0.15) is 17.0 Å². The number of aliphatic hydroxyl groups excluding tert-OH is 1. The standard InChI is InChI=1S/C20H29N3O4S/c1-15-9-18(27-22-15)12-21-11-16-3-4-19(20(10-16)25-2)26-14-17(24)13-23-5-7-28-8-6-23/h3-4,9-10,17,21,24H,5-8,11-14H2,1-2H3. The Morgan fingerprint density at radius 2 is 2.07 bits per heavy atom. The van der Waals surface area contributed by atoms with E-state index in [1.54, 1.807) is 7.11 Å². The molecule has 2 heterocycles. The molecular weight excluding hydrogens is 378 g/mol. The Balaban J connectivity index is 1.46. The van der Waals surface area contributed by atoms with E-state index in [0.717, 1.165) is 41.6 Å². The lowest BCUT2D eigenvalue weighted by Gasteiger charge is -2.28. The van der Waals surface area contributed by atoms with E-state index < -0.39 is 6.10 Å². The minimum absolute atomic E-state index is 0.252. The average Bonchev–Trinajstić information content (AvgIpc) is 3.12. The van der Waals surface area contributed by atoms with Crippen LogP contribution < -0.4 is 14.8 Å². The van der Waals surface area contributed by atoms with Gasteiger partial charge in [-0.05, 0) is 24.6 Å². The first-order chi connectivity index (χ1) is 13.6. The molecule has 2 aromatic rings. The van der Waals surface area contributed by atoms with Gasteiger partial charge in [-0.2, -0.15) is 11.8 Å². The van der Waals surface area contributed by atoms with Crippen LogP contribution in [0.25, 0.3) is 0 Å². The number of rotatable bonds is 10. The number of nitrogens with one attached hydrogen (secondary N) is 1. The van der Waals surface area contributed by atoms with Gasteiger partial charge in [0.25, 0.3) is 0 Å². The summed E-state index contributed by atoms with van der Waals surface area (Å²) >= 11 is 1.96. The van der Waals surface area contributed by atoms with Gasteiger partial charge < -0.3 is 24.4 Å². The molecule has 0 aliphatic carbocycles. The van der Waals surface area contributed by atoms with Gasteiger partial charge in [0.1, 0.15) is 12.7 Å². The first-order valence-corrected chi connectivity index (χ1v) is 10.7. The number of thioether (sulfide) groups is 1. The molecule has 1 aliphatic heterocycles. The Morgan fingerprint density at radius 1 is 1.25 bits per heavy atom. The van der Waals surface area contributed by atoms with Crippen molar-refractivity contribution in [2.75, 3.05) is 44.9 Å². The molecule has 8 heteroatoms. The summed E-state index contributed by atoms with van der Waals surface area (Å²) in [5, 5.41) is 17.5. The van der Waals surface area contributed by atoms with E-state index in [2.05, 4.69) is 15.4 Å². The number of aliphatic hydroxyl groups is 1. The van der Waals surface area contributed by atoms with Gasteiger partial charge in [0.05, 0.1) is 19.3 Å². The van der Waals surface area contributed by atoms with Crippen LogP contribution in [0.5, 0.6) is 11.5 Å². The van der Waals surface area contributed by atoms with Gasteiger partial charge >= 0.3 is 0 Å². The zero-order chi connectivity index (χ0) is 19.8. The Bertz CT molecular complexity index is 734. The van der Waals surface area contributed by atoms with Gasteiger partial charge in [0.15, 0.2) is 17.3 Å². The summed E-state index contributed by atoms with van der Waals surface area (Å²) in [5.41, 5.74) is 1.95. The minimum Gasteiger partial charge on any atom is -0.493 e. The molecule has 0 radical (unpaired) electrons. The summed E-state index contributed by atoms with van der Waals surface area (Å²) in [6.45, 7) is 6.14. The SMILES string of the molecule is COc1cc(CNCc2cc(C)no2)ccc1OCC(O)CN1CCSCC1. The molecule has 0 spiro atoms. The molecule has 3 rings (SSSR count). The summed E-state index contributed by atoms with van der Waals surface area (Å²) in [6.07, 6.45) is -0.514. The molecule has 0 amide bonds. The van der Waals surface area contributed by atoms with Crippen LogP contribution in [0.15, 0.2) is 28.8 Å². The molecule has 1 aromatic carbocycles. The summed E-state index contributed by atoms with van der Waals surface area (Å²) in [5.74, 6) is 4.38. The zero-order valence-corrected chi connectivity index (χ0v) is 17.3. The highest BCUT2D eigenvalue weighted by Gasteiger charge is 2.16. The first-order valence-electron chi connectivity index (χ1n) is 9.55. The van der Waals surface area contributed by atoms with Crippen LogP contribution in [0.2, 0.25) is 0 Å². The van der Waals surface area contributed by atoms with E-state index in [-0.39, 0.29) is 6.61 Å². The molecule has 1 saturated heterocycles. The first kappa shape index (κ1) is 21.0. The quantitative estimate of drug-likeness (QED) is 0.620. The van der Waals surface area contributed by atoms with Crippen molar-refractivity contribution in [3.05, 3.63) is 41.3 Å². The topological polar surface area (TPSA) is 80.0 Å². The van der Waals surface area contributed by atoms with E-state index in [0.29, 0.717) is 31.1 Å². The van der Waals surface area contributed by atoms with Crippen molar-refractivity contribution >= 4 is 11.8 Å². The van der Waals surface area contributed by atoms with E-state index in [1.807, 2.05) is 43.0 Å². The van der Waals surface area contributed by atoms with Gasteiger partial charge in [0.2, 0.25) is 0 Å². The second kappa shape index (κ2) is 10.7. The van der Waals surface area contributed by atoms with Crippen molar-refractivity contribution in [1.29, 1.82) is 0 Å².